The van der Waals surface area contributed by atoms with Gasteiger partial charge in [0.2, 0.25) is 0 Å². The highest BCUT2D eigenvalue weighted by Crippen LogP contribution is 2.38. The SMILES string of the molecule is OC[C@@H](O)COCCCC(F)(F)C(F)(F)F. The summed E-state index contributed by atoms with van der Waals surface area (Å²) < 4.78 is 64.2. The normalized spacial score (nSPS) is 15.2. The van der Waals surface area contributed by atoms with Crippen molar-refractivity contribution in [3.05, 3.63) is 0 Å². The Hall–Kier alpha value is -0.470. The standard InChI is InChI=1S/C8H13F5O3/c9-7(10,8(11,12)13)2-1-3-16-5-6(15)4-14/h6,14-15H,1-5H2/t6-/m1/s1. The van der Waals surface area contributed by atoms with E-state index >= 15 is 0 Å². The maximum Gasteiger partial charge on any atom is 0.453 e. The number of rotatable bonds is 7. The Morgan fingerprint density at radius 2 is 1.69 bits per heavy atom. The third-order valence-corrected chi connectivity index (χ3v) is 1.72. The highest BCUT2D eigenvalue weighted by atomic mass is 19.4. The Kier molecular flexibility index (Phi) is 6.13. The molecule has 16 heavy (non-hydrogen) atoms. The van der Waals surface area contributed by atoms with Crippen LogP contribution in [0.4, 0.5) is 22.0 Å². The average molecular weight is 252 g/mol. The van der Waals surface area contributed by atoms with Crippen LogP contribution < -0.4 is 0 Å². The van der Waals surface area contributed by atoms with Crippen LogP contribution in [-0.4, -0.2) is 48.2 Å². The minimum Gasteiger partial charge on any atom is -0.394 e. The van der Waals surface area contributed by atoms with Gasteiger partial charge in [0.05, 0.1) is 13.2 Å². The van der Waals surface area contributed by atoms with Gasteiger partial charge in [0, 0.05) is 13.0 Å². The highest BCUT2D eigenvalue weighted by molar-refractivity contribution is 4.75. The summed E-state index contributed by atoms with van der Waals surface area (Å²) in [5.41, 5.74) is 0. The van der Waals surface area contributed by atoms with Crippen molar-refractivity contribution < 1.29 is 36.9 Å². The van der Waals surface area contributed by atoms with Gasteiger partial charge in [-0.2, -0.15) is 22.0 Å². The molecule has 2 N–H and O–H groups in total. The second-order valence-electron chi connectivity index (χ2n) is 3.22. The zero-order valence-corrected chi connectivity index (χ0v) is 8.31. The molecule has 0 aromatic heterocycles. The van der Waals surface area contributed by atoms with Crippen molar-refractivity contribution in [2.24, 2.45) is 0 Å². The fourth-order valence-electron chi connectivity index (χ4n) is 0.810. The van der Waals surface area contributed by atoms with Crippen molar-refractivity contribution in [2.45, 2.75) is 31.0 Å². The molecule has 0 aromatic carbocycles. The topological polar surface area (TPSA) is 49.7 Å². The van der Waals surface area contributed by atoms with Crippen LogP contribution in [0.5, 0.6) is 0 Å². The highest BCUT2D eigenvalue weighted by Gasteiger charge is 2.56. The molecule has 0 fully saturated rings. The van der Waals surface area contributed by atoms with E-state index in [4.69, 9.17) is 10.2 Å². The van der Waals surface area contributed by atoms with E-state index in [1.807, 2.05) is 0 Å². The zero-order chi connectivity index (χ0) is 12.8. The first-order valence-corrected chi connectivity index (χ1v) is 4.52. The van der Waals surface area contributed by atoms with Gasteiger partial charge in [0.15, 0.2) is 0 Å². The summed E-state index contributed by atoms with van der Waals surface area (Å²) in [7, 11) is 0. The summed E-state index contributed by atoms with van der Waals surface area (Å²) in [6, 6.07) is 0. The minimum atomic E-state index is -5.54. The van der Waals surface area contributed by atoms with Crippen molar-refractivity contribution in [2.75, 3.05) is 19.8 Å². The van der Waals surface area contributed by atoms with Crippen molar-refractivity contribution in [1.82, 2.24) is 0 Å². The lowest BCUT2D eigenvalue weighted by Crippen LogP contribution is -2.36. The Morgan fingerprint density at radius 3 is 2.12 bits per heavy atom. The van der Waals surface area contributed by atoms with Crippen LogP contribution in [0.3, 0.4) is 0 Å². The molecule has 0 amide bonds. The first-order chi connectivity index (χ1) is 7.20. The van der Waals surface area contributed by atoms with E-state index in [-0.39, 0.29) is 13.2 Å². The summed E-state index contributed by atoms with van der Waals surface area (Å²) in [4.78, 5) is 0. The van der Waals surface area contributed by atoms with E-state index in [0.29, 0.717) is 0 Å². The van der Waals surface area contributed by atoms with E-state index in [2.05, 4.69) is 4.74 Å². The Balaban J connectivity index is 3.67. The molecule has 0 aromatic rings. The van der Waals surface area contributed by atoms with Crippen molar-refractivity contribution in [3.63, 3.8) is 0 Å². The molecule has 0 spiro atoms. The van der Waals surface area contributed by atoms with Gasteiger partial charge in [-0.15, -0.1) is 0 Å². The van der Waals surface area contributed by atoms with Crippen LogP contribution in [0.1, 0.15) is 12.8 Å². The summed E-state index contributed by atoms with van der Waals surface area (Å²) in [6.45, 7) is -1.18. The van der Waals surface area contributed by atoms with Gasteiger partial charge in [-0.05, 0) is 6.42 Å². The molecular formula is C8H13F5O3. The largest absolute Gasteiger partial charge is 0.453 e. The molecule has 98 valence electrons. The quantitative estimate of drug-likeness (QED) is 0.531. The smallest absolute Gasteiger partial charge is 0.394 e. The Labute approximate surface area is 88.8 Å². The van der Waals surface area contributed by atoms with E-state index < -0.39 is 37.7 Å². The molecule has 1 atom stereocenters. The zero-order valence-electron chi connectivity index (χ0n) is 8.31. The molecule has 0 radical (unpaired) electrons. The van der Waals surface area contributed by atoms with Crippen LogP contribution in [0.25, 0.3) is 0 Å². The van der Waals surface area contributed by atoms with Crippen molar-refractivity contribution in [1.29, 1.82) is 0 Å². The summed E-state index contributed by atoms with van der Waals surface area (Å²) in [5, 5.41) is 17.1. The van der Waals surface area contributed by atoms with Gasteiger partial charge in [-0.3, -0.25) is 0 Å². The monoisotopic (exact) mass is 252 g/mol. The van der Waals surface area contributed by atoms with Crippen LogP contribution >= 0.6 is 0 Å². The Morgan fingerprint density at radius 1 is 1.12 bits per heavy atom. The van der Waals surface area contributed by atoms with E-state index in [1.165, 1.54) is 0 Å². The molecule has 0 unspecified atom stereocenters. The lowest BCUT2D eigenvalue weighted by Gasteiger charge is -2.19. The van der Waals surface area contributed by atoms with Crippen molar-refractivity contribution in [3.8, 4) is 0 Å². The van der Waals surface area contributed by atoms with Crippen LogP contribution in [-0.2, 0) is 4.74 Å². The number of aliphatic hydroxyl groups is 2. The molecule has 3 nitrogen and oxygen atoms in total. The van der Waals surface area contributed by atoms with Gasteiger partial charge < -0.3 is 14.9 Å². The Bertz CT molecular complexity index is 195. The molecule has 0 aliphatic rings. The van der Waals surface area contributed by atoms with Crippen LogP contribution in [0.15, 0.2) is 0 Å². The minimum absolute atomic E-state index is 0.298. The first kappa shape index (κ1) is 15.5. The molecule has 0 aliphatic carbocycles. The van der Waals surface area contributed by atoms with Gasteiger partial charge in [0.25, 0.3) is 0 Å². The molecule has 0 bridgehead atoms. The molecule has 0 saturated carbocycles. The summed E-state index contributed by atoms with van der Waals surface area (Å²) in [5.74, 6) is -4.72. The number of hydrogen-bond acceptors (Lipinski definition) is 3. The fourth-order valence-corrected chi connectivity index (χ4v) is 0.810. The van der Waals surface area contributed by atoms with Gasteiger partial charge in [-0.1, -0.05) is 0 Å². The lowest BCUT2D eigenvalue weighted by atomic mass is 10.2. The first-order valence-electron chi connectivity index (χ1n) is 4.52. The molecule has 0 rings (SSSR count). The summed E-state index contributed by atoms with van der Waals surface area (Å²) >= 11 is 0. The van der Waals surface area contributed by atoms with Gasteiger partial charge in [-0.25, -0.2) is 0 Å². The molecule has 8 heteroatoms. The van der Waals surface area contributed by atoms with Gasteiger partial charge in [0.1, 0.15) is 6.10 Å². The number of aliphatic hydroxyl groups excluding tert-OH is 2. The molecular weight excluding hydrogens is 239 g/mol. The molecule has 0 heterocycles. The van der Waals surface area contributed by atoms with E-state index in [0.717, 1.165) is 0 Å². The number of ether oxygens (including phenoxy) is 1. The van der Waals surface area contributed by atoms with E-state index in [1.54, 1.807) is 0 Å². The third-order valence-electron chi connectivity index (χ3n) is 1.72. The average Bonchev–Trinajstić information content (AvgIpc) is 2.15. The predicted octanol–water partition coefficient (Wildman–Crippen LogP) is 1.33. The predicted molar refractivity (Wildman–Crippen MR) is 44.1 cm³/mol. The van der Waals surface area contributed by atoms with Gasteiger partial charge >= 0.3 is 12.1 Å². The molecule has 0 aliphatic heterocycles. The van der Waals surface area contributed by atoms with Crippen LogP contribution in [0.2, 0.25) is 0 Å². The molecule has 0 saturated heterocycles. The summed E-state index contributed by atoms with van der Waals surface area (Å²) in [6.07, 6.45) is -8.53. The maximum absolute atomic E-state index is 12.3. The van der Waals surface area contributed by atoms with E-state index in [9.17, 15) is 22.0 Å². The second-order valence-corrected chi connectivity index (χ2v) is 3.22. The third kappa shape index (κ3) is 5.57. The maximum atomic E-state index is 12.3. The van der Waals surface area contributed by atoms with Crippen LogP contribution in [0, 0.1) is 0 Å². The number of alkyl halides is 5. The number of halogens is 5. The lowest BCUT2D eigenvalue weighted by molar-refractivity contribution is -0.285. The second kappa shape index (κ2) is 6.31. The number of hydrogen-bond donors (Lipinski definition) is 2. The van der Waals surface area contributed by atoms with Crippen molar-refractivity contribution >= 4 is 0 Å². The fraction of sp³-hybridized carbons (Fsp3) is 1.00.